The van der Waals surface area contributed by atoms with E-state index < -0.39 is 29.5 Å². The molecule has 6 rings (SSSR count). The van der Waals surface area contributed by atoms with Crippen LogP contribution in [0.3, 0.4) is 0 Å². The number of aromatic nitrogens is 1. The van der Waals surface area contributed by atoms with Gasteiger partial charge in [0.05, 0.1) is 0 Å². The quantitative estimate of drug-likeness (QED) is 0.300. The minimum Gasteiger partial charge on any atom is -0.487 e. The summed E-state index contributed by atoms with van der Waals surface area (Å²) in [5.41, 5.74) is 3.01. The van der Waals surface area contributed by atoms with Crippen molar-refractivity contribution in [3.8, 4) is 5.75 Å². The third-order valence-electron chi connectivity index (χ3n) is 9.34. The van der Waals surface area contributed by atoms with E-state index in [4.69, 9.17) is 16.3 Å². The highest BCUT2D eigenvalue weighted by atomic mass is 35.5. The summed E-state index contributed by atoms with van der Waals surface area (Å²) >= 11 is 6.14. The van der Waals surface area contributed by atoms with Crippen LogP contribution in [0, 0.1) is 5.92 Å². The van der Waals surface area contributed by atoms with E-state index in [1.54, 1.807) is 36.5 Å². The van der Waals surface area contributed by atoms with Crippen LogP contribution in [0.1, 0.15) is 60.9 Å². The van der Waals surface area contributed by atoms with Crippen LogP contribution in [0.25, 0.3) is 0 Å². The van der Waals surface area contributed by atoms with Gasteiger partial charge in [0.2, 0.25) is 0 Å². The van der Waals surface area contributed by atoms with Gasteiger partial charge in [0, 0.05) is 34.6 Å². The molecule has 1 aromatic heterocycles. The third kappa shape index (κ3) is 4.93. The number of fused-ring (bicyclic) bond motifs is 3. The molecule has 3 aromatic rings. The summed E-state index contributed by atoms with van der Waals surface area (Å²) in [5.74, 6) is -3.77. The Kier molecular flexibility index (Phi) is 6.97. The van der Waals surface area contributed by atoms with Crippen LogP contribution in [-0.4, -0.2) is 34.1 Å². The molecule has 2 N–H and O–H groups in total. The first kappa shape index (κ1) is 27.0. The predicted octanol–water partition coefficient (Wildman–Crippen LogP) is 7.25. The molecule has 2 aromatic carbocycles. The number of alkyl halides is 2. The Morgan fingerprint density at radius 1 is 1.10 bits per heavy atom. The fourth-order valence-electron chi connectivity index (χ4n) is 7.34. The Hall–Kier alpha value is -3.19. The van der Waals surface area contributed by atoms with Gasteiger partial charge in [-0.25, -0.2) is 13.6 Å². The van der Waals surface area contributed by atoms with Crippen molar-refractivity contribution in [2.45, 2.75) is 74.7 Å². The lowest BCUT2D eigenvalue weighted by atomic mass is 9.60. The van der Waals surface area contributed by atoms with Gasteiger partial charge in [-0.15, -0.1) is 0 Å². The number of anilines is 1. The van der Waals surface area contributed by atoms with Crippen molar-refractivity contribution >= 4 is 23.3 Å². The number of aryl methyl sites for hydroxylation is 1. The van der Waals surface area contributed by atoms with Gasteiger partial charge in [-0.3, -0.25) is 4.98 Å². The highest BCUT2D eigenvalue weighted by Crippen LogP contribution is 2.56. The largest absolute Gasteiger partial charge is 0.487 e. The van der Waals surface area contributed by atoms with Crippen LogP contribution >= 0.6 is 11.6 Å². The number of aliphatic carboxylic acids is 1. The Morgan fingerprint density at radius 2 is 1.90 bits per heavy atom. The van der Waals surface area contributed by atoms with E-state index in [9.17, 15) is 9.90 Å². The number of carboxylic acids is 1. The van der Waals surface area contributed by atoms with Crippen molar-refractivity contribution in [2.24, 2.45) is 5.92 Å². The molecular weight excluding hydrogens is 534 g/mol. The predicted molar refractivity (Wildman–Crippen MR) is 151 cm³/mol. The number of hydrogen-bond acceptors (Lipinski definition) is 4. The number of nitrogens with one attached hydrogen (secondary N) is 1. The molecule has 210 valence electrons. The number of pyridine rings is 1. The van der Waals surface area contributed by atoms with Gasteiger partial charge in [0.15, 0.2) is 6.61 Å². The summed E-state index contributed by atoms with van der Waals surface area (Å²) in [7, 11) is 0. The topological polar surface area (TPSA) is 71.5 Å². The summed E-state index contributed by atoms with van der Waals surface area (Å²) in [6.07, 6.45) is 6.16. The Labute approximate surface area is 237 Å². The molecule has 1 heterocycles. The highest BCUT2D eigenvalue weighted by Gasteiger charge is 2.55. The SMILES string of the molecule is O=C(O)C1(Nc2cccc(Cl)c2)CCC2(CC1)c1ccccc1CC2CC(F)(F)COc1ccnc2c1CCC2. The molecule has 0 radical (unpaired) electrons. The lowest BCUT2D eigenvalue weighted by Gasteiger charge is -2.47. The molecule has 3 aliphatic carbocycles. The summed E-state index contributed by atoms with van der Waals surface area (Å²) in [6.45, 7) is -0.679. The minimum atomic E-state index is -3.03. The maximum Gasteiger partial charge on any atom is 0.329 e. The normalized spacial score (nSPS) is 25.4. The van der Waals surface area contributed by atoms with Crippen molar-refractivity contribution in [1.82, 2.24) is 4.98 Å². The summed E-state index contributed by atoms with van der Waals surface area (Å²) < 4.78 is 37.0. The molecule has 1 unspecified atom stereocenters. The number of carboxylic acid groups (broad SMARTS) is 1. The molecule has 3 aliphatic rings. The van der Waals surface area contributed by atoms with E-state index in [-0.39, 0.29) is 12.3 Å². The van der Waals surface area contributed by atoms with Gasteiger partial charge in [-0.05, 0) is 98.1 Å². The Balaban J connectivity index is 1.22. The van der Waals surface area contributed by atoms with E-state index in [0.29, 0.717) is 48.6 Å². The van der Waals surface area contributed by atoms with Gasteiger partial charge in [-0.1, -0.05) is 41.9 Å². The smallest absolute Gasteiger partial charge is 0.329 e. The molecule has 1 saturated carbocycles. The fraction of sp³-hybridized carbons (Fsp3) is 0.438. The van der Waals surface area contributed by atoms with Gasteiger partial charge in [-0.2, -0.15) is 0 Å². The first-order chi connectivity index (χ1) is 19.2. The second kappa shape index (κ2) is 10.3. The molecule has 40 heavy (non-hydrogen) atoms. The minimum absolute atomic E-state index is 0.309. The van der Waals surface area contributed by atoms with Crippen LogP contribution in [-0.2, 0) is 29.5 Å². The van der Waals surface area contributed by atoms with E-state index >= 15 is 8.78 Å². The van der Waals surface area contributed by atoms with Crippen molar-refractivity contribution in [2.75, 3.05) is 11.9 Å². The van der Waals surface area contributed by atoms with Crippen molar-refractivity contribution in [3.63, 3.8) is 0 Å². The first-order valence-electron chi connectivity index (χ1n) is 14.0. The zero-order chi connectivity index (χ0) is 28.0. The number of carbonyl (C=O) groups is 1. The fourth-order valence-corrected chi connectivity index (χ4v) is 7.53. The molecule has 0 amide bonds. The van der Waals surface area contributed by atoms with Crippen LogP contribution in [0.15, 0.2) is 60.8 Å². The number of rotatable bonds is 8. The second-order valence-corrected chi connectivity index (χ2v) is 12.1. The first-order valence-corrected chi connectivity index (χ1v) is 14.4. The van der Waals surface area contributed by atoms with Crippen LogP contribution in [0.4, 0.5) is 14.5 Å². The molecular formula is C32H33ClF2N2O3. The Morgan fingerprint density at radius 3 is 2.67 bits per heavy atom. The summed E-state index contributed by atoms with van der Waals surface area (Å²) in [5, 5.41) is 14.1. The van der Waals surface area contributed by atoms with E-state index in [1.165, 1.54) is 0 Å². The molecule has 8 heteroatoms. The number of ether oxygens (including phenoxy) is 1. The lowest BCUT2D eigenvalue weighted by Crippen LogP contribution is -2.53. The third-order valence-corrected chi connectivity index (χ3v) is 9.58. The van der Waals surface area contributed by atoms with Gasteiger partial charge in [0.1, 0.15) is 11.3 Å². The maximum absolute atomic E-state index is 15.6. The van der Waals surface area contributed by atoms with Crippen LogP contribution < -0.4 is 10.1 Å². The average molecular weight is 567 g/mol. The molecule has 1 atom stereocenters. The number of hydrogen-bond donors (Lipinski definition) is 2. The zero-order valence-electron chi connectivity index (χ0n) is 22.3. The monoisotopic (exact) mass is 566 g/mol. The van der Waals surface area contributed by atoms with Gasteiger partial charge >= 0.3 is 5.97 Å². The molecule has 0 bridgehead atoms. The summed E-state index contributed by atoms with van der Waals surface area (Å²) in [6, 6.07) is 16.7. The molecule has 1 spiro atoms. The summed E-state index contributed by atoms with van der Waals surface area (Å²) in [4.78, 5) is 17.0. The molecule has 0 aliphatic heterocycles. The van der Waals surface area contributed by atoms with Gasteiger partial charge < -0.3 is 15.2 Å². The average Bonchev–Trinajstić information content (AvgIpc) is 3.52. The number of nitrogens with zero attached hydrogens (tertiary/aromatic N) is 1. The highest BCUT2D eigenvalue weighted by molar-refractivity contribution is 6.30. The zero-order valence-corrected chi connectivity index (χ0v) is 23.0. The number of benzene rings is 2. The van der Waals surface area contributed by atoms with Gasteiger partial charge in [0.25, 0.3) is 5.92 Å². The lowest BCUT2D eigenvalue weighted by molar-refractivity contribution is -0.144. The van der Waals surface area contributed by atoms with Crippen LogP contribution in [0.2, 0.25) is 5.02 Å². The maximum atomic E-state index is 15.6. The van der Waals surface area contributed by atoms with E-state index in [0.717, 1.165) is 41.6 Å². The standard InChI is InChI=1S/C32H33ClF2N2O3/c33-23-6-3-7-24(18-23)37-31(29(38)39)14-12-30(13-15-31)22(17-21-5-1-2-9-26(21)30)19-32(34,35)20-40-28-11-16-36-27-10-4-8-25(27)28/h1-3,5-7,9,11,16,18,22,37H,4,8,10,12-15,17,19-20H2,(H,38,39). The Bertz CT molecular complexity index is 1420. The number of halogens is 3. The van der Waals surface area contributed by atoms with Crippen molar-refractivity contribution < 1.29 is 23.4 Å². The second-order valence-electron chi connectivity index (χ2n) is 11.7. The molecule has 5 nitrogen and oxygen atoms in total. The van der Waals surface area contributed by atoms with E-state index in [1.807, 2.05) is 24.3 Å². The molecule has 0 saturated heterocycles. The van der Waals surface area contributed by atoms with Crippen molar-refractivity contribution in [3.05, 3.63) is 88.2 Å². The van der Waals surface area contributed by atoms with Crippen LogP contribution in [0.5, 0.6) is 5.75 Å². The van der Waals surface area contributed by atoms with Crippen molar-refractivity contribution in [1.29, 1.82) is 0 Å². The molecule has 1 fully saturated rings. The van der Waals surface area contributed by atoms with E-state index in [2.05, 4.69) is 10.3 Å².